The highest BCUT2D eigenvalue weighted by Crippen LogP contribution is 2.25. The topological polar surface area (TPSA) is 82.6 Å². The lowest BCUT2D eigenvalue weighted by atomic mass is 10.1. The van der Waals surface area contributed by atoms with E-state index in [1.54, 1.807) is 42.6 Å². The summed E-state index contributed by atoms with van der Waals surface area (Å²) in [5, 5.41) is 0.750. The Kier molecular flexibility index (Phi) is 6.71. The van der Waals surface area contributed by atoms with Crippen LogP contribution < -0.4 is 4.72 Å². The zero-order valence-corrected chi connectivity index (χ0v) is 20.9. The summed E-state index contributed by atoms with van der Waals surface area (Å²) in [6.07, 6.45) is 1.57. The van der Waals surface area contributed by atoms with Crippen LogP contribution in [0.3, 0.4) is 0 Å². The number of nitrogens with one attached hydrogen (secondary N) is 1. The number of piperazine rings is 1. The number of sulfonamides is 1. The summed E-state index contributed by atoms with van der Waals surface area (Å²) < 4.78 is 28.7. The van der Waals surface area contributed by atoms with E-state index in [0.717, 1.165) is 18.5 Å². The molecule has 0 spiro atoms. The molecule has 1 unspecified atom stereocenters. The predicted molar refractivity (Wildman–Crippen MR) is 141 cm³/mol. The summed E-state index contributed by atoms with van der Waals surface area (Å²) in [6, 6.07) is 25.9. The van der Waals surface area contributed by atoms with Crippen LogP contribution in [0.25, 0.3) is 10.9 Å². The van der Waals surface area contributed by atoms with Gasteiger partial charge in [-0.25, -0.2) is 8.42 Å². The van der Waals surface area contributed by atoms with Crippen LogP contribution in [0.15, 0.2) is 96.0 Å². The van der Waals surface area contributed by atoms with Gasteiger partial charge in [-0.05, 0) is 48.9 Å². The molecule has 36 heavy (non-hydrogen) atoms. The predicted octanol–water partition coefficient (Wildman–Crippen LogP) is 4.55. The molecule has 1 N–H and O–H groups in total. The van der Waals surface area contributed by atoms with Crippen molar-refractivity contribution in [1.29, 1.82) is 0 Å². The lowest BCUT2D eigenvalue weighted by Crippen LogP contribution is -2.49. The molecule has 1 aliphatic heterocycles. The maximum atomic E-state index is 13.1. The number of pyridine rings is 1. The first-order valence-electron chi connectivity index (χ1n) is 12.0. The van der Waals surface area contributed by atoms with Crippen LogP contribution in [0.2, 0.25) is 0 Å². The molecule has 1 saturated heterocycles. The highest BCUT2D eigenvalue weighted by molar-refractivity contribution is 7.93. The van der Waals surface area contributed by atoms with Gasteiger partial charge >= 0.3 is 0 Å². The Morgan fingerprint density at radius 2 is 1.56 bits per heavy atom. The van der Waals surface area contributed by atoms with Gasteiger partial charge in [-0.3, -0.25) is 19.4 Å². The first kappa shape index (κ1) is 24.0. The fourth-order valence-electron chi connectivity index (χ4n) is 4.62. The second-order valence-corrected chi connectivity index (χ2v) is 10.6. The molecule has 1 fully saturated rings. The van der Waals surface area contributed by atoms with Crippen molar-refractivity contribution in [1.82, 2.24) is 14.8 Å². The van der Waals surface area contributed by atoms with Crippen LogP contribution in [0.1, 0.15) is 28.9 Å². The molecule has 7 nitrogen and oxygen atoms in total. The third kappa shape index (κ3) is 4.96. The molecule has 184 valence electrons. The summed E-state index contributed by atoms with van der Waals surface area (Å²) in [7, 11) is -3.84. The number of nitrogens with zero attached hydrogens (tertiary/aromatic N) is 3. The molecule has 1 aromatic heterocycles. The number of anilines is 1. The number of rotatable bonds is 6. The van der Waals surface area contributed by atoms with Crippen LogP contribution in [0.4, 0.5) is 5.69 Å². The zero-order valence-electron chi connectivity index (χ0n) is 20.0. The molecule has 1 amide bonds. The van der Waals surface area contributed by atoms with E-state index in [2.05, 4.69) is 33.7 Å². The third-order valence-corrected chi connectivity index (χ3v) is 8.11. The Hall–Kier alpha value is -3.75. The molecular formula is C28H28N4O3S. The van der Waals surface area contributed by atoms with Crippen molar-refractivity contribution in [3.8, 4) is 0 Å². The minimum atomic E-state index is -3.84. The van der Waals surface area contributed by atoms with E-state index in [4.69, 9.17) is 0 Å². The summed E-state index contributed by atoms with van der Waals surface area (Å²) in [4.78, 5) is 21.7. The molecule has 2 heterocycles. The van der Waals surface area contributed by atoms with Crippen molar-refractivity contribution in [3.05, 3.63) is 102 Å². The Bertz CT molecular complexity index is 1460. The number of carbonyl (C=O) groups is 1. The molecule has 0 aliphatic carbocycles. The van der Waals surface area contributed by atoms with E-state index in [1.807, 2.05) is 35.2 Å². The molecule has 0 bridgehead atoms. The summed E-state index contributed by atoms with van der Waals surface area (Å²) >= 11 is 0. The number of aromatic nitrogens is 1. The van der Waals surface area contributed by atoms with Gasteiger partial charge in [0.05, 0.1) is 5.52 Å². The van der Waals surface area contributed by atoms with Crippen LogP contribution in [0.5, 0.6) is 0 Å². The van der Waals surface area contributed by atoms with Gasteiger partial charge in [-0.2, -0.15) is 0 Å². The number of para-hydroxylation sites is 1. The van der Waals surface area contributed by atoms with Gasteiger partial charge in [0.25, 0.3) is 15.9 Å². The number of carbonyl (C=O) groups excluding carboxylic acids is 1. The monoisotopic (exact) mass is 500 g/mol. The van der Waals surface area contributed by atoms with Gasteiger partial charge < -0.3 is 4.90 Å². The Morgan fingerprint density at radius 1 is 0.861 bits per heavy atom. The second kappa shape index (κ2) is 10.1. The van der Waals surface area contributed by atoms with Gasteiger partial charge in [0, 0.05) is 55.1 Å². The SMILES string of the molecule is CC(c1ccccc1)N1CCN(C(=O)c2ccc(NS(=O)(=O)c3cccc4cccnc34)cc2)CC1. The lowest BCUT2D eigenvalue weighted by molar-refractivity contribution is 0.0582. The van der Waals surface area contributed by atoms with Crippen molar-refractivity contribution < 1.29 is 13.2 Å². The Labute approximate surface area is 211 Å². The first-order chi connectivity index (χ1) is 17.4. The van der Waals surface area contributed by atoms with Crippen LogP contribution in [-0.2, 0) is 10.0 Å². The number of hydrogen-bond acceptors (Lipinski definition) is 5. The van der Waals surface area contributed by atoms with Crippen LogP contribution >= 0.6 is 0 Å². The van der Waals surface area contributed by atoms with E-state index in [9.17, 15) is 13.2 Å². The van der Waals surface area contributed by atoms with E-state index < -0.39 is 10.0 Å². The van der Waals surface area contributed by atoms with Gasteiger partial charge in [0.2, 0.25) is 0 Å². The maximum Gasteiger partial charge on any atom is 0.264 e. The molecule has 8 heteroatoms. The molecule has 5 rings (SSSR count). The van der Waals surface area contributed by atoms with Crippen molar-refractivity contribution in [3.63, 3.8) is 0 Å². The minimum absolute atomic E-state index is 0.0466. The maximum absolute atomic E-state index is 13.1. The number of amides is 1. The van der Waals surface area contributed by atoms with E-state index in [1.165, 1.54) is 11.6 Å². The minimum Gasteiger partial charge on any atom is -0.336 e. The highest BCUT2D eigenvalue weighted by atomic mass is 32.2. The first-order valence-corrected chi connectivity index (χ1v) is 13.5. The Balaban J connectivity index is 1.23. The molecule has 0 saturated carbocycles. The fraction of sp³-hybridized carbons (Fsp3) is 0.214. The molecular weight excluding hydrogens is 472 g/mol. The average Bonchev–Trinajstić information content (AvgIpc) is 2.93. The molecule has 3 aromatic carbocycles. The van der Waals surface area contributed by atoms with Crippen molar-refractivity contribution in [2.75, 3.05) is 30.9 Å². The van der Waals surface area contributed by atoms with Gasteiger partial charge in [0.15, 0.2) is 0 Å². The average molecular weight is 501 g/mol. The van der Waals surface area contributed by atoms with Crippen LogP contribution in [0, 0.1) is 0 Å². The van der Waals surface area contributed by atoms with E-state index in [0.29, 0.717) is 35.9 Å². The van der Waals surface area contributed by atoms with Gasteiger partial charge in [-0.15, -0.1) is 0 Å². The number of hydrogen-bond donors (Lipinski definition) is 1. The number of fused-ring (bicyclic) bond motifs is 1. The summed E-state index contributed by atoms with van der Waals surface area (Å²) in [5.74, 6) is -0.0466. The van der Waals surface area contributed by atoms with E-state index >= 15 is 0 Å². The summed E-state index contributed by atoms with van der Waals surface area (Å²) in [6.45, 7) is 5.11. The number of benzene rings is 3. The zero-order chi connectivity index (χ0) is 25.1. The smallest absolute Gasteiger partial charge is 0.264 e. The molecule has 4 aromatic rings. The Morgan fingerprint density at radius 3 is 2.28 bits per heavy atom. The van der Waals surface area contributed by atoms with Crippen molar-refractivity contribution in [2.24, 2.45) is 0 Å². The lowest BCUT2D eigenvalue weighted by Gasteiger charge is -2.38. The third-order valence-electron chi connectivity index (χ3n) is 6.70. The highest BCUT2D eigenvalue weighted by Gasteiger charge is 2.25. The van der Waals surface area contributed by atoms with Crippen LogP contribution in [-0.4, -0.2) is 55.3 Å². The largest absolute Gasteiger partial charge is 0.336 e. The fourth-order valence-corrected chi connectivity index (χ4v) is 5.86. The van der Waals surface area contributed by atoms with E-state index in [-0.39, 0.29) is 10.8 Å². The molecule has 0 radical (unpaired) electrons. The summed E-state index contributed by atoms with van der Waals surface area (Å²) in [5.41, 5.74) is 2.62. The molecule has 1 atom stereocenters. The van der Waals surface area contributed by atoms with Crippen molar-refractivity contribution >= 4 is 32.5 Å². The van der Waals surface area contributed by atoms with Gasteiger partial charge in [-0.1, -0.05) is 48.5 Å². The molecule has 1 aliphatic rings. The van der Waals surface area contributed by atoms with Gasteiger partial charge in [0.1, 0.15) is 4.90 Å². The quantitative estimate of drug-likeness (QED) is 0.420. The normalized spacial score (nSPS) is 15.5. The second-order valence-electron chi connectivity index (χ2n) is 8.93. The van der Waals surface area contributed by atoms with Crippen molar-refractivity contribution in [2.45, 2.75) is 17.9 Å². The standard InChI is InChI=1S/C28H28N4O3S/c1-21(22-7-3-2-4-8-22)31-17-19-32(20-18-31)28(33)24-12-14-25(15-13-24)30-36(34,35)26-11-5-9-23-10-6-16-29-27(23)26/h2-16,21,30H,17-20H2,1H3.